The van der Waals surface area contributed by atoms with Crippen molar-refractivity contribution in [1.29, 1.82) is 0 Å². The van der Waals surface area contributed by atoms with Crippen LogP contribution >= 0.6 is 0 Å². The highest BCUT2D eigenvalue weighted by Gasteiger charge is 2.15. The maximum atomic E-state index is 10.8. The molecule has 0 bridgehead atoms. The van der Waals surface area contributed by atoms with Crippen molar-refractivity contribution < 1.29 is 4.92 Å². The van der Waals surface area contributed by atoms with Crippen molar-refractivity contribution in [3.8, 4) is 0 Å². The molecule has 1 N–H and O–H groups in total. The second-order valence-electron chi connectivity index (χ2n) is 3.59. The van der Waals surface area contributed by atoms with E-state index in [2.05, 4.69) is 4.98 Å². The maximum Gasteiger partial charge on any atom is 0.273 e. The summed E-state index contributed by atoms with van der Waals surface area (Å²) < 4.78 is 0. The number of nitrogens with one attached hydrogen (secondary N) is 1. The monoisotopic (exact) mass is 204 g/mol. The second-order valence-corrected chi connectivity index (χ2v) is 3.59. The molecule has 0 amide bonds. The lowest BCUT2D eigenvalue weighted by molar-refractivity contribution is -0.385. The number of aromatic amines is 1. The van der Waals surface area contributed by atoms with E-state index in [-0.39, 0.29) is 10.6 Å². The van der Waals surface area contributed by atoms with Crippen molar-refractivity contribution in [1.82, 2.24) is 4.98 Å². The quantitative estimate of drug-likeness (QED) is 0.604. The van der Waals surface area contributed by atoms with Crippen molar-refractivity contribution in [3.05, 3.63) is 39.6 Å². The molecule has 0 saturated carbocycles. The number of nitrogens with zero attached hydrogens (tertiary/aromatic N) is 1. The molecule has 1 aromatic carbocycles. The Bertz CT molecular complexity index is 529. The van der Waals surface area contributed by atoms with Gasteiger partial charge in [0.2, 0.25) is 0 Å². The standard InChI is InChI=1S/C11H12N2O2/c1-3-8-9-6-7(2)12-10(9)4-5-11(8)13(14)15/h4-6,12H,3H2,1-2H3. The van der Waals surface area contributed by atoms with E-state index in [0.29, 0.717) is 6.42 Å². The zero-order valence-corrected chi connectivity index (χ0v) is 8.70. The SMILES string of the molecule is CCc1c([N+](=O)[O-])ccc2[nH]c(C)cc12. The lowest BCUT2D eigenvalue weighted by atomic mass is 10.1. The molecule has 15 heavy (non-hydrogen) atoms. The van der Waals surface area contributed by atoms with Crippen LogP contribution in [0.3, 0.4) is 0 Å². The molecule has 0 fully saturated rings. The summed E-state index contributed by atoms with van der Waals surface area (Å²) in [5, 5.41) is 11.8. The summed E-state index contributed by atoms with van der Waals surface area (Å²) in [5.74, 6) is 0. The van der Waals surface area contributed by atoms with Crippen LogP contribution in [0.1, 0.15) is 18.2 Å². The van der Waals surface area contributed by atoms with Crippen LogP contribution in [-0.2, 0) is 6.42 Å². The summed E-state index contributed by atoms with van der Waals surface area (Å²) in [6.45, 7) is 3.88. The number of hydrogen-bond acceptors (Lipinski definition) is 2. The van der Waals surface area contributed by atoms with Crippen LogP contribution in [0.15, 0.2) is 18.2 Å². The molecule has 0 aliphatic carbocycles. The van der Waals surface area contributed by atoms with Gasteiger partial charge in [-0.1, -0.05) is 6.92 Å². The molecule has 0 saturated heterocycles. The topological polar surface area (TPSA) is 58.9 Å². The predicted molar refractivity (Wildman–Crippen MR) is 59.1 cm³/mol. The molecule has 0 atom stereocenters. The second kappa shape index (κ2) is 3.38. The molecular weight excluding hydrogens is 192 g/mol. The number of nitro groups is 1. The number of hydrogen-bond donors (Lipinski definition) is 1. The van der Waals surface area contributed by atoms with Crippen LogP contribution in [0.25, 0.3) is 10.9 Å². The Kier molecular flexibility index (Phi) is 2.19. The smallest absolute Gasteiger partial charge is 0.273 e. The average Bonchev–Trinajstić information content (AvgIpc) is 2.55. The number of benzene rings is 1. The molecular formula is C11H12N2O2. The van der Waals surface area contributed by atoms with Gasteiger partial charge in [-0.3, -0.25) is 10.1 Å². The van der Waals surface area contributed by atoms with E-state index in [1.807, 2.05) is 19.9 Å². The molecule has 2 rings (SSSR count). The summed E-state index contributed by atoms with van der Waals surface area (Å²) >= 11 is 0. The molecule has 0 unspecified atom stereocenters. The lowest BCUT2D eigenvalue weighted by Gasteiger charge is -2.00. The molecule has 2 aromatic rings. The normalized spacial score (nSPS) is 10.8. The number of H-pyrrole nitrogens is 1. The number of aromatic nitrogens is 1. The van der Waals surface area contributed by atoms with Gasteiger partial charge in [-0.25, -0.2) is 0 Å². The molecule has 1 heterocycles. The van der Waals surface area contributed by atoms with Gasteiger partial charge in [0.15, 0.2) is 0 Å². The fraction of sp³-hybridized carbons (Fsp3) is 0.273. The Morgan fingerprint density at radius 3 is 2.80 bits per heavy atom. The fourth-order valence-corrected chi connectivity index (χ4v) is 1.93. The van der Waals surface area contributed by atoms with E-state index in [1.165, 1.54) is 0 Å². The highest BCUT2D eigenvalue weighted by Crippen LogP contribution is 2.28. The van der Waals surface area contributed by atoms with Crippen LogP contribution in [0.5, 0.6) is 0 Å². The average molecular weight is 204 g/mol. The van der Waals surface area contributed by atoms with Crippen molar-refractivity contribution in [2.45, 2.75) is 20.3 Å². The third-order valence-corrected chi connectivity index (χ3v) is 2.58. The van der Waals surface area contributed by atoms with E-state index < -0.39 is 0 Å². The first-order valence-corrected chi connectivity index (χ1v) is 4.89. The molecule has 4 nitrogen and oxygen atoms in total. The van der Waals surface area contributed by atoms with E-state index >= 15 is 0 Å². The number of rotatable bonds is 2. The van der Waals surface area contributed by atoms with Crippen LogP contribution in [0.4, 0.5) is 5.69 Å². The van der Waals surface area contributed by atoms with Gasteiger partial charge in [-0.2, -0.15) is 0 Å². The third kappa shape index (κ3) is 1.48. The van der Waals surface area contributed by atoms with Gasteiger partial charge >= 0.3 is 0 Å². The number of aryl methyl sites for hydroxylation is 2. The summed E-state index contributed by atoms with van der Waals surface area (Å²) in [6, 6.07) is 5.29. The molecule has 1 aromatic heterocycles. The minimum atomic E-state index is -0.319. The first-order chi connectivity index (χ1) is 7.13. The first kappa shape index (κ1) is 9.71. The van der Waals surface area contributed by atoms with Crippen LogP contribution in [0, 0.1) is 17.0 Å². The summed E-state index contributed by atoms with van der Waals surface area (Å²) in [7, 11) is 0. The van der Waals surface area contributed by atoms with Crippen LogP contribution in [0.2, 0.25) is 0 Å². The molecule has 0 aliphatic heterocycles. The van der Waals surface area contributed by atoms with Crippen molar-refractivity contribution in [2.24, 2.45) is 0 Å². The van der Waals surface area contributed by atoms with Gasteiger partial charge < -0.3 is 4.98 Å². The van der Waals surface area contributed by atoms with Crippen molar-refractivity contribution in [3.63, 3.8) is 0 Å². The zero-order chi connectivity index (χ0) is 11.0. The Labute approximate surface area is 87.1 Å². The van der Waals surface area contributed by atoms with Crippen molar-refractivity contribution in [2.75, 3.05) is 0 Å². The third-order valence-electron chi connectivity index (χ3n) is 2.58. The van der Waals surface area contributed by atoms with Crippen molar-refractivity contribution >= 4 is 16.6 Å². The summed E-state index contributed by atoms with van der Waals surface area (Å²) in [4.78, 5) is 13.7. The van der Waals surface area contributed by atoms with Gasteiger partial charge in [-0.05, 0) is 25.5 Å². The van der Waals surface area contributed by atoms with Gasteiger partial charge in [0.1, 0.15) is 0 Å². The first-order valence-electron chi connectivity index (χ1n) is 4.89. The molecule has 78 valence electrons. The number of fused-ring (bicyclic) bond motifs is 1. The minimum Gasteiger partial charge on any atom is -0.359 e. The van der Waals surface area contributed by atoms with E-state index in [9.17, 15) is 10.1 Å². The van der Waals surface area contributed by atoms with E-state index in [0.717, 1.165) is 22.2 Å². The Balaban J connectivity index is 2.80. The predicted octanol–water partition coefficient (Wildman–Crippen LogP) is 2.95. The van der Waals surface area contributed by atoms with Gasteiger partial charge in [0.25, 0.3) is 5.69 Å². The fourth-order valence-electron chi connectivity index (χ4n) is 1.93. The van der Waals surface area contributed by atoms with E-state index in [1.54, 1.807) is 12.1 Å². The van der Waals surface area contributed by atoms with Crippen LogP contribution < -0.4 is 0 Å². The highest BCUT2D eigenvalue weighted by atomic mass is 16.6. The number of nitro benzene ring substituents is 1. The van der Waals surface area contributed by atoms with Gasteiger partial charge in [-0.15, -0.1) is 0 Å². The lowest BCUT2D eigenvalue weighted by Crippen LogP contribution is -1.94. The largest absolute Gasteiger partial charge is 0.359 e. The molecule has 0 aliphatic rings. The Morgan fingerprint density at radius 1 is 1.47 bits per heavy atom. The summed E-state index contributed by atoms with van der Waals surface area (Å²) in [6.07, 6.45) is 0.672. The minimum absolute atomic E-state index is 0.212. The highest BCUT2D eigenvalue weighted by molar-refractivity contribution is 5.87. The summed E-state index contributed by atoms with van der Waals surface area (Å²) in [5.41, 5.74) is 3.01. The molecule has 0 radical (unpaired) electrons. The molecule has 0 spiro atoms. The van der Waals surface area contributed by atoms with Gasteiger partial charge in [0, 0.05) is 28.2 Å². The maximum absolute atomic E-state index is 10.8. The Morgan fingerprint density at radius 2 is 2.20 bits per heavy atom. The van der Waals surface area contributed by atoms with Gasteiger partial charge in [0.05, 0.1) is 4.92 Å². The Hall–Kier alpha value is -1.84. The van der Waals surface area contributed by atoms with E-state index in [4.69, 9.17) is 0 Å². The molecule has 4 heteroatoms. The zero-order valence-electron chi connectivity index (χ0n) is 8.70. The van der Waals surface area contributed by atoms with Crippen LogP contribution in [-0.4, -0.2) is 9.91 Å².